The molecule has 2 aromatic rings. The monoisotopic (exact) mass is 497 g/mol. The highest BCUT2D eigenvalue weighted by Gasteiger charge is 2.39. The van der Waals surface area contributed by atoms with Crippen LogP contribution in [0.3, 0.4) is 0 Å². The van der Waals surface area contributed by atoms with Crippen molar-refractivity contribution in [3.63, 3.8) is 0 Å². The van der Waals surface area contributed by atoms with Gasteiger partial charge in [-0.2, -0.15) is 0 Å². The Bertz CT molecular complexity index is 1040. The first-order chi connectivity index (χ1) is 16.3. The van der Waals surface area contributed by atoms with E-state index in [1.807, 2.05) is 44.2 Å². The number of nitrogens with one attached hydrogen (secondary N) is 1. The number of benzene rings is 2. The number of rotatable bonds is 7. The van der Waals surface area contributed by atoms with Gasteiger partial charge in [-0.3, -0.25) is 4.79 Å². The molecule has 7 heteroatoms. The molecule has 0 unspecified atom stereocenters. The lowest BCUT2D eigenvalue weighted by Crippen LogP contribution is -2.44. The SMILES string of the molecule is COc1ccc([C@@H](C)NC(=O)c2cc(N3CCN(C)CC3)ccc2C)cc1O[Si](C)(C)C(C)(C)C. The number of nitrogens with zero attached hydrogens (tertiary/aromatic N) is 2. The van der Waals surface area contributed by atoms with E-state index in [1.165, 1.54) is 0 Å². The van der Waals surface area contributed by atoms with E-state index in [0.29, 0.717) is 5.75 Å². The van der Waals surface area contributed by atoms with Crippen molar-refractivity contribution >= 4 is 19.9 Å². The molecule has 35 heavy (non-hydrogen) atoms. The molecule has 3 rings (SSSR count). The number of hydrogen-bond donors (Lipinski definition) is 1. The molecule has 1 fully saturated rings. The normalized spacial score (nSPS) is 16.1. The van der Waals surface area contributed by atoms with Crippen LogP contribution >= 0.6 is 0 Å². The molecule has 1 N–H and O–H groups in total. The van der Waals surface area contributed by atoms with Gasteiger partial charge < -0.3 is 24.3 Å². The molecule has 1 aliphatic heterocycles. The lowest BCUT2D eigenvalue weighted by atomic mass is 10.0. The summed E-state index contributed by atoms with van der Waals surface area (Å²) in [5.74, 6) is 1.40. The second-order valence-corrected chi connectivity index (χ2v) is 16.0. The van der Waals surface area contributed by atoms with Crippen molar-refractivity contribution in [3.05, 3.63) is 53.1 Å². The molecule has 0 aliphatic carbocycles. The van der Waals surface area contributed by atoms with Crippen molar-refractivity contribution < 1.29 is 14.0 Å². The third-order valence-corrected chi connectivity index (χ3v) is 11.9. The van der Waals surface area contributed by atoms with Crippen molar-refractivity contribution in [3.8, 4) is 11.5 Å². The van der Waals surface area contributed by atoms with Gasteiger partial charge >= 0.3 is 0 Å². The number of piperazine rings is 1. The van der Waals surface area contributed by atoms with Gasteiger partial charge in [-0.05, 0) is 74.4 Å². The van der Waals surface area contributed by atoms with Crippen LogP contribution in [-0.4, -0.2) is 59.5 Å². The van der Waals surface area contributed by atoms with E-state index >= 15 is 0 Å². The zero-order valence-electron chi connectivity index (χ0n) is 23.0. The quantitative estimate of drug-likeness (QED) is 0.503. The largest absolute Gasteiger partial charge is 0.541 e. The summed E-state index contributed by atoms with van der Waals surface area (Å²) in [7, 11) is 1.76. The van der Waals surface area contributed by atoms with Crippen LogP contribution < -0.4 is 19.4 Å². The highest BCUT2D eigenvalue weighted by Crippen LogP contribution is 2.40. The molecular weight excluding hydrogens is 454 g/mol. The number of likely N-dealkylation sites (N-methyl/N-ethyl adjacent to an activating group) is 1. The summed E-state index contributed by atoms with van der Waals surface area (Å²) in [5, 5.41) is 3.27. The second-order valence-electron chi connectivity index (χ2n) is 11.3. The lowest BCUT2D eigenvalue weighted by Gasteiger charge is -2.37. The smallest absolute Gasteiger partial charge is 0.252 e. The summed E-state index contributed by atoms with van der Waals surface area (Å²) < 4.78 is 12.2. The van der Waals surface area contributed by atoms with Crippen LogP contribution in [0.5, 0.6) is 11.5 Å². The maximum atomic E-state index is 13.3. The molecule has 0 radical (unpaired) electrons. The van der Waals surface area contributed by atoms with E-state index in [2.05, 4.69) is 62.1 Å². The Morgan fingerprint density at radius 1 is 1.03 bits per heavy atom. The predicted molar refractivity (Wildman–Crippen MR) is 148 cm³/mol. The minimum absolute atomic E-state index is 0.0614. The number of amides is 1. The topological polar surface area (TPSA) is 54.0 Å². The molecular formula is C28H43N3O3Si. The Labute approximate surface area is 212 Å². The van der Waals surface area contributed by atoms with Crippen LogP contribution in [0.1, 0.15) is 55.2 Å². The molecule has 0 spiro atoms. The van der Waals surface area contributed by atoms with Crippen LogP contribution in [-0.2, 0) is 0 Å². The van der Waals surface area contributed by atoms with Crippen molar-refractivity contribution in [2.75, 3.05) is 45.2 Å². The van der Waals surface area contributed by atoms with E-state index in [0.717, 1.165) is 54.3 Å². The number of carbonyl (C=O) groups excluding carboxylic acids is 1. The molecule has 1 saturated heterocycles. The Morgan fingerprint density at radius 2 is 1.69 bits per heavy atom. The van der Waals surface area contributed by atoms with E-state index in [-0.39, 0.29) is 17.0 Å². The van der Waals surface area contributed by atoms with Crippen molar-refractivity contribution in [1.82, 2.24) is 10.2 Å². The van der Waals surface area contributed by atoms with Crippen molar-refractivity contribution in [2.24, 2.45) is 0 Å². The summed E-state index contributed by atoms with van der Waals surface area (Å²) in [4.78, 5) is 18.0. The first-order valence-corrected chi connectivity index (χ1v) is 15.4. The Hall–Kier alpha value is -2.51. The van der Waals surface area contributed by atoms with Gasteiger partial charge in [0, 0.05) is 37.4 Å². The number of methoxy groups -OCH3 is 1. The number of carbonyl (C=O) groups is 1. The molecule has 1 heterocycles. The second kappa shape index (κ2) is 10.6. The summed E-state index contributed by atoms with van der Waals surface area (Å²) in [6.07, 6.45) is 0. The van der Waals surface area contributed by atoms with Crippen LogP contribution in [0.25, 0.3) is 0 Å². The van der Waals surface area contributed by atoms with Crippen molar-refractivity contribution in [2.45, 2.75) is 58.8 Å². The summed E-state index contributed by atoms with van der Waals surface area (Å²) >= 11 is 0. The van der Waals surface area contributed by atoms with Gasteiger partial charge in [0.1, 0.15) is 5.75 Å². The van der Waals surface area contributed by atoms with Gasteiger partial charge in [-0.15, -0.1) is 0 Å². The van der Waals surface area contributed by atoms with Crippen molar-refractivity contribution in [1.29, 1.82) is 0 Å². The first-order valence-electron chi connectivity index (χ1n) is 12.5. The van der Waals surface area contributed by atoms with E-state index in [1.54, 1.807) is 7.11 Å². The summed E-state index contributed by atoms with van der Waals surface area (Å²) in [6.45, 7) is 19.1. The Morgan fingerprint density at radius 3 is 2.29 bits per heavy atom. The fourth-order valence-corrected chi connectivity index (χ4v) is 4.96. The zero-order valence-corrected chi connectivity index (χ0v) is 24.0. The first kappa shape index (κ1) is 27.1. The van der Waals surface area contributed by atoms with E-state index < -0.39 is 8.32 Å². The third-order valence-electron chi connectivity index (χ3n) is 7.54. The average Bonchev–Trinajstić information content (AvgIpc) is 2.79. The molecule has 0 saturated carbocycles. The van der Waals surface area contributed by atoms with Gasteiger partial charge in [-0.1, -0.05) is 32.9 Å². The highest BCUT2D eigenvalue weighted by molar-refractivity contribution is 6.74. The third kappa shape index (κ3) is 6.38. The van der Waals surface area contributed by atoms with E-state index in [9.17, 15) is 4.79 Å². The zero-order chi connectivity index (χ0) is 26.0. The van der Waals surface area contributed by atoms with Gasteiger partial charge in [0.25, 0.3) is 14.2 Å². The molecule has 2 aromatic carbocycles. The number of anilines is 1. The fourth-order valence-electron chi connectivity index (χ4n) is 3.94. The van der Waals surface area contributed by atoms with Gasteiger partial charge in [0.15, 0.2) is 5.75 Å². The van der Waals surface area contributed by atoms with Crippen LogP contribution in [0.15, 0.2) is 36.4 Å². The molecule has 1 aliphatic rings. The molecule has 1 atom stereocenters. The maximum absolute atomic E-state index is 13.3. The Kier molecular flexibility index (Phi) is 8.22. The molecule has 1 amide bonds. The number of aryl methyl sites for hydroxylation is 1. The average molecular weight is 498 g/mol. The highest BCUT2D eigenvalue weighted by atomic mass is 28.4. The predicted octanol–water partition coefficient (Wildman–Crippen LogP) is 5.63. The van der Waals surface area contributed by atoms with Gasteiger partial charge in [0.05, 0.1) is 13.2 Å². The lowest BCUT2D eigenvalue weighted by molar-refractivity contribution is 0.0939. The van der Waals surface area contributed by atoms with E-state index in [4.69, 9.17) is 9.16 Å². The van der Waals surface area contributed by atoms with Gasteiger partial charge in [0.2, 0.25) is 0 Å². The minimum atomic E-state index is -2.05. The fraction of sp³-hybridized carbons (Fsp3) is 0.536. The van der Waals surface area contributed by atoms with Crippen LogP contribution in [0, 0.1) is 6.92 Å². The van der Waals surface area contributed by atoms with Gasteiger partial charge in [-0.25, -0.2) is 0 Å². The summed E-state index contributed by atoms with van der Waals surface area (Å²) in [6, 6.07) is 12.0. The molecule has 0 aromatic heterocycles. The summed E-state index contributed by atoms with van der Waals surface area (Å²) in [5.41, 5.74) is 3.79. The molecule has 0 bridgehead atoms. The number of hydrogen-bond acceptors (Lipinski definition) is 5. The Balaban J connectivity index is 1.79. The van der Waals surface area contributed by atoms with Crippen LogP contribution in [0.4, 0.5) is 5.69 Å². The minimum Gasteiger partial charge on any atom is -0.541 e. The maximum Gasteiger partial charge on any atom is 0.252 e. The standard InChI is InChI=1S/C28H43N3O3Si/c1-20-10-12-23(31-16-14-30(6)15-17-31)19-24(20)27(32)29-21(2)22-11-13-25(33-7)26(18-22)34-35(8,9)28(3,4)5/h10-13,18-19,21H,14-17H2,1-9H3,(H,29,32)/t21-/m1/s1. The van der Waals surface area contributed by atoms with Crippen LogP contribution in [0.2, 0.25) is 18.1 Å². The molecule has 6 nitrogen and oxygen atoms in total. The number of ether oxygens (including phenoxy) is 1. The molecule has 192 valence electrons.